The number of nitrogens with zero attached hydrogens (tertiary/aromatic N) is 2. The number of imidazole rings is 1. The Bertz CT molecular complexity index is 377. The predicted molar refractivity (Wildman–Crippen MR) is 74.8 cm³/mol. The lowest BCUT2D eigenvalue weighted by molar-refractivity contribution is -0.121. The van der Waals surface area contributed by atoms with Crippen molar-refractivity contribution < 1.29 is 4.79 Å². The van der Waals surface area contributed by atoms with Crippen LogP contribution in [0.2, 0.25) is 0 Å². The molecule has 0 saturated carbocycles. The number of nitrogens with one attached hydrogen (secondary N) is 2. The highest BCUT2D eigenvalue weighted by atomic mass is 16.1. The first-order valence-corrected chi connectivity index (χ1v) is 7.17. The molecule has 1 amide bonds. The van der Waals surface area contributed by atoms with Gasteiger partial charge >= 0.3 is 0 Å². The highest BCUT2D eigenvalue weighted by Crippen LogP contribution is 2.19. The Morgan fingerprint density at radius 1 is 1.63 bits per heavy atom. The van der Waals surface area contributed by atoms with Gasteiger partial charge in [-0.05, 0) is 38.8 Å². The molecule has 0 aromatic carbocycles. The molecule has 19 heavy (non-hydrogen) atoms. The van der Waals surface area contributed by atoms with Crippen LogP contribution in [0.5, 0.6) is 0 Å². The Labute approximate surface area is 114 Å². The molecule has 0 radical (unpaired) electrons. The quantitative estimate of drug-likeness (QED) is 0.811. The summed E-state index contributed by atoms with van der Waals surface area (Å²) in [5.41, 5.74) is 0. The van der Waals surface area contributed by atoms with Crippen LogP contribution >= 0.6 is 0 Å². The first-order valence-electron chi connectivity index (χ1n) is 7.17. The van der Waals surface area contributed by atoms with Crippen molar-refractivity contribution in [2.45, 2.75) is 32.1 Å². The van der Waals surface area contributed by atoms with Crippen molar-refractivity contribution in [2.75, 3.05) is 26.7 Å². The molecule has 1 atom stereocenters. The number of rotatable bonds is 6. The number of likely N-dealkylation sites (tertiary alicyclic amines) is 1. The van der Waals surface area contributed by atoms with Gasteiger partial charge in [-0.2, -0.15) is 0 Å². The first kappa shape index (κ1) is 14.1. The van der Waals surface area contributed by atoms with Crippen molar-refractivity contribution in [1.82, 2.24) is 20.2 Å². The van der Waals surface area contributed by atoms with Gasteiger partial charge in [0.15, 0.2) is 0 Å². The third kappa shape index (κ3) is 5.03. The molecule has 5 heteroatoms. The number of aromatic amines is 1. The minimum absolute atomic E-state index is 0.166. The second-order valence-corrected chi connectivity index (χ2v) is 5.44. The van der Waals surface area contributed by atoms with Crippen molar-refractivity contribution in [3.8, 4) is 0 Å². The summed E-state index contributed by atoms with van der Waals surface area (Å²) < 4.78 is 0. The molecule has 2 rings (SSSR count). The van der Waals surface area contributed by atoms with Crippen molar-refractivity contribution in [1.29, 1.82) is 0 Å². The summed E-state index contributed by atoms with van der Waals surface area (Å²) in [7, 11) is 2.16. The summed E-state index contributed by atoms with van der Waals surface area (Å²) in [6.45, 7) is 3.00. The number of piperidine rings is 1. The lowest BCUT2D eigenvalue weighted by Crippen LogP contribution is -2.33. The van der Waals surface area contributed by atoms with Gasteiger partial charge in [-0.15, -0.1) is 0 Å². The summed E-state index contributed by atoms with van der Waals surface area (Å²) in [4.78, 5) is 21.3. The van der Waals surface area contributed by atoms with Gasteiger partial charge in [0.1, 0.15) is 5.82 Å². The van der Waals surface area contributed by atoms with E-state index in [9.17, 15) is 4.79 Å². The second-order valence-electron chi connectivity index (χ2n) is 5.44. The summed E-state index contributed by atoms with van der Waals surface area (Å²) >= 11 is 0. The van der Waals surface area contributed by atoms with E-state index in [-0.39, 0.29) is 5.91 Å². The number of H-pyrrole nitrogens is 1. The maximum atomic E-state index is 11.7. The van der Waals surface area contributed by atoms with E-state index in [2.05, 4.69) is 27.2 Å². The van der Waals surface area contributed by atoms with Crippen LogP contribution in [-0.2, 0) is 11.2 Å². The molecule has 0 spiro atoms. The smallest absolute Gasteiger partial charge is 0.220 e. The lowest BCUT2D eigenvalue weighted by Gasteiger charge is -2.29. The summed E-state index contributed by atoms with van der Waals surface area (Å²) in [5, 5.41) is 2.96. The Morgan fingerprint density at radius 2 is 2.53 bits per heavy atom. The Morgan fingerprint density at radius 3 is 3.26 bits per heavy atom. The summed E-state index contributed by atoms with van der Waals surface area (Å²) in [6, 6.07) is 0. The third-order valence-electron chi connectivity index (χ3n) is 3.74. The monoisotopic (exact) mass is 264 g/mol. The minimum Gasteiger partial charge on any atom is -0.356 e. The second kappa shape index (κ2) is 7.28. The number of carbonyl (C=O) groups is 1. The van der Waals surface area contributed by atoms with E-state index in [1.54, 1.807) is 12.4 Å². The largest absolute Gasteiger partial charge is 0.356 e. The Hall–Kier alpha value is -1.36. The van der Waals surface area contributed by atoms with E-state index in [1.807, 2.05) is 0 Å². The average Bonchev–Trinajstić information content (AvgIpc) is 2.90. The van der Waals surface area contributed by atoms with Crippen molar-refractivity contribution in [3.05, 3.63) is 18.2 Å². The Balaban J connectivity index is 1.56. The van der Waals surface area contributed by atoms with E-state index < -0.39 is 0 Å². The van der Waals surface area contributed by atoms with E-state index in [0.29, 0.717) is 18.9 Å². The Kier molecular flexibility index (Phi) is 5.39. The van der Waals surface area contributed by atoms with E-state index >= 15 is 0 Å². The van der Waals surface area contributed by atoms with Crippen LogP contribution in [0.1, 0.15) is 31.5 Å². The van der Waals surface area contributed by atoms with Crippen LogP contribution < -0.4 is 5.32 Å². The van der Waals surface area contributed by atoms with Gasteiger partial charge in [-0.25, -0.2) is 4.98 Å². The van der Waals surface area contributed by atoms with Gasteiger partial charge in [-0.1, -0.05) is 0 Å². The molecule has 5 nitrogen and oxygen atoms in total. The summed E-state index contributed by atoms with van der Waals surface area (Å²) in [6.07, 6.45) is 8.50. The molecule has 2 heterocycles. The number of hydrogen-bond acceptors (Lipinski definition) is 3. The van der Waals surface area contributed by atoms with Crippen molar-refractivity contribution in [2.24, 2.45) is 5.92 Å². The maximum absolute atomic E-state index is 11.7. The van der Waals surface area contributed by atoms with Gasteiger partial charge in [-0.3, -0.25) is 4.79 Å². The molecule has 1 aromatic rings. The number of carbonyl (C=O) groups excluding carboxylic acids is 1. The molecule has 1 aromatic heterocycles. The number of hydrogen-bond donors (Lipinski definition) is 2. The highest BCUT2D eigenvalue weighted by molar-refractivity contribution is 5.75. The van der Waals surface area contributed by atoms with Crippen LogP contribution in [0.4, 0.5) is 0 Å². The minimum atomic E-state index is 0.166. The lowest BCUT2D eigenvalue weighted by atomic mass is 9.93. The predicted octanol–water partition coefficient (Wildman–Crippen LogP) is 1.19. The van der Waals surface area contributed by atoms with Crippen LogP contribution in [0.15, 0.2) is 12.4 Å². The van der Waals surface area contributed by atoms with E-state index in [1.165, 1.54) is 19.4 Å². The van der Waals surface area contributed by atoms with Crippen molar-refractivity contribution >= 4 is 5.91 Å². The fourth-order valence-corrected chi connectivity index (χ4v) is 2.69. The summed E-state index contributed by atoms with van der Waals surface area (Å²) in [5.74, 6) is 1.78. The van der Waals surface area contributed by atoms with Crippen LogP contribution in [0.25, 0.3) is 0 Å². The molecule has 1 aliphatic heterocycles. The van der Waals surface area contributed by atoms with Crippen LogP contribution in [-0.4, -0.2) is 47.5 Å². The van der Waals surface area contributed by atoms with Gasteiger partial charge < -0.3 is 15.2 Å². The van der Waals surface area contributed by atoms with E-state index in [4.69, 9.17) is 0 Å². The first-order chi connectivity index (χ1) is 9.24. The molecule has 1 saturated heterocycles. The molecular formula is C14H24N4O. The van der Waals surface area contributed by atoms with Crippen LogP contribution in [0, 0.1) is 5.92 Å². The SMILES string of the molecule is CN1CCCC(CCC(=O)NCCc2ncc[nH]2)C1. The fourth-order valence-electron chi connectivity index (χ4n) is 2.69. The zero-order valence-corrected chi connectivity index (χ0v) is 11.7. The molecule has 0 bridgehead atoms. The fraction of sp³-hybridized carbons (Fsp3) is 0.714. The van der Waals surface area contributed by atoms with Gasteiger partial charge in [0.2, 0.25) is 5.91 Å². The van der Waals surface area contributed by atoms with Gasteiger partial charge in [0.25, 0.3) is 0 Å². The van der Waals surface area contributed by atoms with Gasteiger partial charge in [0.05, 0.1) is 0 Å². The molecule has 1 fully saturated rings. The average molecular weight is 264 g/mol. The molecular weight excluding hydrogens is 240 g/mol. The highest BCUT2D eigenvalue weighted by Gasteiger charge is 2.17. The normalized spacial score (nSPS) is 20.4. The molecule has 2 N–H and O–H groups in total. The maximum Gasteiger partial charge on any atom is 0.220 e. The van der Waals surface area contributed by atoms with Crippen molar-refractivity contribution in [3.63, 3.8) is 0 Å². The van der Waals surface area contributed by atoms with E-state index in [0.717, 1.165) is 25.2 Å². The van der Waals surface area contributed by atoms with Gasteiger partial charge in [0, 0.05) is 38.3 Å². The zero-order chi connectivity index (χ0) is 13.5. The molecule has 106 valence electrons. The topological polar surface area (TPSA) is 61.0 Å². The molecule has 0 aliphatic carbocycles. The third-order valence-corrected chi connectivity index (χ3v) is 3.74. The number of aromatic nitrogens is 2. The molecule has 1 unspecified atom stereocenters. The molecule has 1 aliphatic rings. The zero-order valence-electron chi connectivity index (χ0n) is 11.7. The van der Waals surface area contributed by atoms with Crippen LogP contribution in [0.3, 0.4) is 0 Å². The number of amides is 1. The standard InChI is InChI=1S/C14H24N4O/c1-18-10-2-3-12(11-18)4-5-14(19)17-7-6-13-15-8-9-16-13/h8-9,12H,2-7,10-11H2,1H3,(H,15,16)(H,17,19).